The Hall–Kier alpha value is -3.35. The minimum Gasteiger partial charge on any atom is -0.344 e. The summed E-state index contributed by atoms with van der Waals surface area (Å²) >= 11 is 0. The van der Waals surface area contributed by atoms with E-state index < -0.39 is 5.82 Å². The normalized spacial score (nSPS) is 18.7. The van der Waals surface area contributed by atoms with Crippen LogP contribution in [-0.2, 0) is 4.79 Å². The number of anilines is 2. The van der Waals surface area contributed by atoms with Gasteiger partial charge in [-0.15, -0.1) is 0 Å². The smallest absolute Gasteiger partial charge is 0.247 e. The lowest BCUT2D eigenvalue weighted by atomic mass is 10.0. The fourth-order valence-electron chi connectivity index (χ4n) is 3.74. The van der Waals surface area contributed by atoms with Crippen LogP contribution in [0.2, 0.25) is 0 Å². The topological polar surface area (TPSA) is 71.0 Å². The van der Waals surface area contributed by atoms with Crippen molar-refractivity contribution < 1.29 is 9.18 Å². The van der Waals surface area contributed by atoms with E-state index in [1.54, 1.807) is 6.20 Å². The number of aryl methyl sites for hydroxylation is 1. The summed E-state index contributed by atoms with van der Waals surface area (Å²) in [6, 6.07) is 11.0. The molecule has 1 aliphatic rings. The van der Waals surface area contributed by atoms with Crippen LogP contribution in [0, 0.1) is 18.7 Å². The summed E-state index contributed by atoms with van der Waals surface area (Å²) < 4.78 is 13.1. The van der Waals surface area contributed by atoms with E-state index in [-0.39, 0.29) is 17.9 Å². The summed E-state index contributed by atoms with van der Waals surface area (Å²) in [4.78, 5) is 27.7. The van der Waals surface area contributed by atoms with Crippen LogP contribution in [0.15, 0.2) is 55.0 Å². The third-order valence-electron chi connectivity index (χ3n) is 5.28. The number of aromatic nitrogens is 3. The molecule has 1 aliphatic heterocycles. The van der Waals surface area contributed by atoms with Crippen molar-refractivity contribution in [2.75, 3.05) is 16.8 Å². The molecule has 3 heterocycles. The van der Waals surface area contributed by atoms with Gasteiger partial charge >= 0.3 is 0 Å². The Morgan fingerprint density at radius 1 is 1.17 bits per heavy atom. The first kappa shape index (κ1) is 19.0. The predicted octanol–water partition coefficient (Wildman–Crippen LogP) is 3.84. The molecule has 7 heteroatoms. The fourth-order valence-corrected chi connectivity index (χ4v) is 3.74. The summed E-state index contributed by atoms with van der Waals surface area (Å²) in [5.74, 6) is 0.879. The quantitative estimate of drug-likeness (QED) is 0.732. The number of hydrogen-bond acceptors (Lipinski definition) is 5. The maximum Gasteiger partial charge on any atom is 0.247 e. The van der Waals surface area contributed by atoms with E-state index in [2.05, 4.69) is 32.1 Å². The summed E-state index contributed by atoms with van der Waals surface area (Å²) in [6.45, 7) is 4.80. The number of hydrogen-bond donors (Lipinski definition) is 1. The maximum atomic E-state index is 13.1. The molecule has 1 fully saturated rings. The second kappa shape index (κ2) is 7.95. The Bertz CT molecular complexity index is 1010. The minimum absolute atomic E-state index is 0.0736. The van der Waals surface area contributed by atoms with Crippen LogP contribution < -0.4 is 10.2 Å². The number of nitrogens with zero attached hydrogens (tertiary/aromatic N) is 4. The van der Waals surface area contributed by atoms with Crippen molar-refractivity contribution in [1.82, 2.24) is 15.0 Å². The van der Waals surface area contributed by atoms with Gasteiger partial charge in [0.25, 0.3) is 0 Å². The minimum atomic E-state index is -0.485. The van der Waals surface area contributed by atoms with Gasteiger partial charge in [-0.05, 0) is 49.1 Å². The highest BCUT2D eigenvalue weighted by Crippen LogP contribution is 2.30. The SMILES string of the molecule is Cc1ccc(NC(=O)[C@@H]2[C@@H](C)CCN2c2ccccn2)cc1-c1ncc(F)cn1. The number of carbonyl (C=O) groups excluding carboxylic acids is 1. The lowest BCUT2D eigenvalue weighted by Crippen LogP contribution is -2.43. The number of amides is 1. The molecule has 1 N–H and O–H groups in total. The second-order valence-electron chi connectivity index (χ2n) is 7.34. The Kier molecular flexibility index (Phi) is 5.20. The standard InChI is InChI=1S/C22H22FN5O/c1-14-6-7-17(11-18(14)21-25-12-16(23)13-26-21)27-22(29)20-15(2)8-10-28(20)19-5-3-4-9-24-19/h3-7,9,11-13,15,20H,8,10H2,1-2H3,(H,27,29)/t15-,20-/m0/s1. The molecule has 4 rings (SSSR count). The summed E-state index contributed by atoms with van der Waals surface area (Å²) in [6.07, 6.45) is 4.94. The van der Waals surface area contributed by atoms with E-state index in [4.69, 9.17) is 0 Å². The Labute approximate surface area is 168 Å². The van der Waals surface area contributed by atoms with E-state index in [0.717, 1.165) is 42.3 Å². The van der Waals surface area contributed by atoms with Crippen LogP contribution in [0.4, 0.5) is 15.9 Å². The number of pyridine rings is 1. The molecule has 0 saturated carbocycles. The van der Waals surface area contributed by atoms with Gasteiger partial charge in [0.1, 0.15) is 11.9 Å². The molecule has 2 atom stereocenters. The zero-order valence-corrected chi connectivity index (χ0v) is 16.3. The Balaban J connectivity index is 1.58. The number of benzene rings is 1. The van der Waals surface area contributed by atoms with Crippen LogP contribution in [0.3, 0.4) is 0 Å². The molecule has 0 aliphatic carbocycles. The molecule has 0 radical (unpaired) electrons. The van der Waals surface area contributed by atoms with Crippen molar-refractivity contribution in [1.29, 1.82) is 0 Å². The van der Waals surface area contributed by atoms with Gasteiger partial charge in [0, 0.05) is 24.0 Å². The van der Waals surface area contributed by atoms with Gasteiger partial charge < -0.3 is 10.2 Å². The van der Waals surface area contributed by atoms with Crippen LogP contribution in [-0.4, -0.2) is 33.4 Å². The molecule has 6 nitrogen and oxygen atoms in total. The molecule has 1 amide bonds. The van der Waals surface area contributed by atoms with E-state index in [1.165, 1.54) is 0 Å². The van der Waals surface area contributed by atoms with Crippen molar-refractivity contribution >= 4 is 17.4 Å². The van der Waals surface area contributed by atoms with Crippen LogP contribution in [0.1, 0.15) is 18.9 Å². The molecule has 0 unspecified atom stereocenters. The predicted molar refractivity (Wildman–Crippen MR) is 110 cm³/mol. The number of nitrogens with one attached hydrogen (secondary N) is 1. The largest absolute Gasteiger partial charge is 0.344 e. The van der Waals surface area contributed by atoms with Gasteiger partial charge in [0.05, 0.1) is 12.4 Å². The summed E-state index contributed by atoms with van der Waals surface area (Å²) in [7, 11) is 0. The van der Waals surface area contributed by atoms with Gasteiger partial charge in [-0.3, -0.25) is 4.79 Å². The van der Waals surface area contributed by atoms with Gasteiger partial charge in [0.15, 0.2) is 11.6 Å². The summed E-state index contributed by atoms with van der Waals surface area (Å²) in [5.41, 5.74) is 2.35. The van der Waals surface area contributed by atoms with E-state index in [9.17, 15) is 9.18 Å². The zero-order valence-electron chi connectivity index (χ0n) is 16.3. The average Bonchev–Trinajstić information content (AvgIpc) is 3.12. The number of halogens is 1. The van der Waals surface area contributed by atoms with Gasteiger partial charge in [-0.1, -0.05) is 19.1 Å². The first-order valence-corrected chi connectivity index (χ1v) is 9.60. The molecule has 148 valence electrons. The molecule has 0 bridgehead atoms. The van der Waals surface area contributed by atoms with Crippen molar-refractivity contribution in [2.45, 2.75) is 26.3 Å². The van der Waals surface area contributed by atoms with E-state index >= 15 is 0 Å². The van der Waals surface area contributed by atoms with Gasteiger partial charge in [-0.25, -0.2) is 19.3 Å². The monoisotopic (exact) mass is 391 g/mol. The molecular weight excluding hydrogens is 369 g/mol. The van der Waals surface area contributed by atoms with Crippen molar-refractivity contribution in [2.24, 2.45) is 5.92 Å². The first-order chi connectivity index (χ1) is 14.0. The highest BCUT2D eigenvalue weighted by molar-refractivity contribution is 5.98. The van der Waals surface area contributed by atoms with Crippen LogP contribution in [0.25, 0.3) is 11.4 Å². The molecule has 0 spiro atoms. The van der Waals surface area contributed by atoms with Crippen molar-refractivity contribution in [3.8, 4) is 11.4 Å². The number of carbonyl (C=O) groups is 1. The molecule has 1 saturated heterocycles. The lowest BCUT2D eigenvalue weighted by Gasteiger charge is -2.27. The molecule has 2 aromatic heterocycles. The molecule has 1 aromatic carbocycles. The van der Waals surface area contributed by atoms with Crippen LogP contribution >= 0.6 is 0 Å². The fraction of sp³-hybridized carbons (Fsp3) is 0.273. The van der Waals surface area contributed by atoms with Crippen LogP contribution in [0.5, 0.6) is 0 Å². The van der Waals surface area contributed by atoms with E-state index in [1.807, 2.05) is 43.3 Å². The lowest BCUT2D eigenvalue weighted by molar-refractivity contribution is -0.117. The Morgan fingerprint density at radius 3 is 2.69 bits per heavy atom. The van der Waals surface area contributed by atoms with Gasteiger partial charge in [0.2, 0.25) is 5.91 Å². The summed E-state index contributed by atoms with van der Waals surface area (Å²) in [5, 5.41) is 3.02. The Morgan fingerprint density at radius 2 is 1.97 bits per heavy atom. The molecular formula is C22H22FN5O. The van der Waals surface area contributed by atoms with Crippen molar-refractivity contribution in [3.05, 3.63) is 66.4 Å². The first-order valence-electron chi connectivity index (χ1n) is 9.60. The average molecular weight is 391 g/mol. The number of rotatable bonds is 4. The van der Waals surface area contributed by atoms with Crippen molar-refractivity contribution in [3.63, 3.8) is 0 Å². The second-order valence-corrected chi connectivity index (χ2v) is 7.34. The van der Waals surface area contributed by atoms with Gasteiger partial charge in [-0.2, -0.15) is 0 Å². The van der Waals surface area contributed by atoms with E-state index in [0.29, 0.717) is 11.5 Å². The highest BCUT2D eigenvalue weighted by Gasteiger charge is 2.37. The zero-order chi connectivity index (χ0) is 20.4. The maximum absolute atomic E-state index is 13.1. The molecule has 3 aromatic rings. The molecule has 29 heavy (non-hydrogen) atoms. The third-order valence-corrected chi connectivity index (χ3v) is 5.28. The third kappa shape index (κ3) is 3.94. The highest BCUT2D eigenvalue weighted by atomic mass is 19.1.